The third-order valence-electron chi connectivity index (χ3n) is 3.36. The van der Waals surface area contributed by atoms with Crippen LogP contribution in [0.2, 0.25) is 0 Å². The molecule has 1 saturated carbocycles. The third kappa shape index (κ3) is 6.36. The van der Waals surface area contributed by atoms with Gasteiger partial charge in [0.1, 0.15) is 6.61 Å². The molecule has 18 heavy (non-hydrogen) atoms. The fourth-order valence-corrected chi connectivity index (χ4v) is 2.37. The number of ether oxygens (including phenoxy) is 1. The second-order valence-corrected chi connectivity index (χ2v) is 5.12. The second-order valence-electron chi connectivity index (χ2n) is 5.12. The summed E-state index contributed by atoms with van der Waals surface area (Å²) in [7, 11) is 0. The average Bonchev–Trinajstić information content (AvgIpc) is 2.38. The van der Waals surface area contributed by atoms with E-state index in [1.165, 1.54) is 19.3 Å². The van der Waals surface area contributed by atoms with Gasteiger partial charge in [0.2, 0.25) is 5.91 Å². The van der Waals surface area contributed by atoms with Gasteiger partial charge in [0, 0.05) is 18.7 Å². The smallest absolute Gasteiger partial charge is 0.246 e. The first-order chi connectivity index (χ1) is 8.76. The van der Waals surface area contributed by atoms with Crippen LogP contribution in [-0.2, 0) is 9.53 Å². The molecule has 0 heterocycles. The van der Waals surface area contributed by atoms with Gasteiger partial charge in [0.15, 0.2) is 0 Å². The van der Waals surface area contributed by atoms with Gasteiger partial charge in [-0.1, -0.05) is 13.8 Å². The van der Waals surface area contributed by atoms with Crippen molar-refractivity contribution in [3.8, 4) is 0 Å². The average molecular weight is 256 g/mol. The Morgan fingerprint density at radius 1 is 1.11 bits per heavy atom. The number of carbonyl (C=O) groups excluding carboxylic acids is 1. The van der Waals surface area contributed by atoms with Crippen molar-refractivity contribution in [1.29, 1.82) is 0 Å². The fraction of sp³-hybridized carbons (Fsp3) is 0.929. The number of carbonyl (C=O) groups is 1. The first-order valence-corrected chi connectivity index (χ1v) is 7.36. The van der Waals surface area contributed by atoms with Crippen LogP contribution in [0.25, 0.3) is 0 Å². The van der Waals surface area contributed by atoms with E-state index < -0.39 is 0 Å². The monoisotopic (exact) mass is 256 g/mol. The quantitative estimate of drug-likeness (QED) is 0.652. The molecule has 4 nitrogen and oxygen atoms in total. The summed E-state index contributed by atoms with van der Waals surface area (Å²) < 4.78 is 5.24. The molecule has 0 unspecified atom stereocenters. The number of amides is 1. The zero-order valence-electron chi connectivity index (χ0n) is 11.8. The first kappa shape index (κ1) is 15.4. The van der Waals surface area contributed by atoms with Gasteiger partial charge in [-0.15, -0.1) is 0 Å². The van der Waals surface area contributed by atoms with Gasteiger partial charge in [-0.25, -0.2) is 0 Å². The van der Waals surface area contributed by atoms with E-state index in [2.05, 4.69) is 17.6 Å². The van der Waals surface area contributed by atoms with Crippen molar-refractivity contribution in [1.82, 2.24) is 10.6 Å². The summed E-state index contributed by atoms with van der Waals surface area (Å²) in [6.07, 6.45) is 6.65. The molecule has 0 radical (unpaired) electrons. The van der Waals surface area contributed by atoms with E-state index in [0.29, 0.717) is 18.7 Å². The van der Waals surface area contributed by atoms with Crippen LogP contribution >= 0.6 is 0 Å². The molecule has 0 aromatic heterocycles. The van der Waals surface area contributed by atoms with E-state index >= 15 is 0 Å². The predicted molar refractivity (Wildman–Crippen MR) is 73.6 cm³/mol. The summed E-state index contributed by atoms with van der Waals surface area (Å²) in [6, 6.07) is 0.997. The number of hydrogen-bond acceptors (Lipinski definition) is 3. The molecule has 2 N–H and O–H groups in total. The van der Waals surface area contributed by atoms with Crippen molar-refractivity contribution >= 4 is 5.91 Å². The maximum atomic E-state index is 11.6. The van der Waals surface area contributed by atoms with Crippen LogP contribution in [0.5, 0.6) is 0 Å². The highest BCUT2D eigenvalue weighted by Crippen LogP contribution is 2.18. The van der Waals surface area contributed by atoms with E-state index in [4.69, 9.17) is 4.74 Å². The molecular weight excluding hydrogens is 228 g/mol. The molecule has 1 fully saturated rings. The van der Waals surface area contributed by atoms with Gasteiger partial charge in [0.25, 0.3) is 0 Å². The lowest BCUT2D eigenvalue weighted by Crippen LogP contribution is -2.43. The largest absolute Gasteiger partial charge is 0.372 e. The molecule has 0 atom stereocenters. The van der Waals surface area contributed by atoms with E-state index in [1.54, 1.807) is 0 Å². The normalized spacial score (nSPS) is 23.9. The van der Waals surface area contributed by atoms with Gasteiger partial charge in [-0.05, 0) is 45.1 Å². The predicted octanol–water partition coefficient (Wildman–Crippen LogP) is 1.84. The van der Waals surface area contributed by atoms with Crippen LogP contribution in [0.3, 0.4) is 0 Å². The lowest BCUT2D eigenvalue weighted by atomic mass is 9.91. The molecule has 1 amide bonds. The standard InChI is InChI=1S/C14H28N2O2/c1-3-9-15-12-5-7-13(8-6-12)16-14(17)11-18-10-4-2/h12-13,15H,3-11H2,1-2H3,(H,16,17). The maximum Gasteiger partial charge on any atom is 0.246 e. The Balaban J connectivity index is 2.09. The summed E-state index contributed by atoms with van der Waals surface area (Å²) in [5, 5.41) is 6.61. The van der Waals surface area contributed by atoms with Gasteiger partial charge in [-0.2, -0.15) is 0 Å². The Kier molecular flexibility index (Phi) is 8.01. The molecule has 0 aromatic carbocycles. The zero-order chi connectivity index (χ0) is 13.2. The molecule has 0 aromatic rings. The Morgan fingerprint density at radius 3 is 2.39 bits per heavy atom. The van der Waals surface area contributed by atoms with Gasteiger partial charge in [0.05, 0.1) is 0 Å². The van der Waals surface area contributed by atoms with Crippen LogP contribution in [0.4, 0.5) is 0 Å². The molecule has 0 saturated heterocycles. The second kappa shape index (κ2) is 9.34. The number of rotatable bonds is 8. The van der Waals surface area contributed by atoms with Crippen molar-refractivity contribution in [2.45, 2.75) is 64.5 Å². The Hall–Kier alpha value is -0.610. The van der Waals surface area contributed by atoms with Gasteiger partial charge < -0.3 is 15.4 Å². The summed E-state index contributed by atoms with van der Waals surface area (Å²) >= 11 is 0. The summed E-state index contributed by atoms with van der Waals surface area (Å²) in [5.74, 6) is 0.0356. The minimum Gasteiger partial charge on any atom is -0.372 e. The number of hydrogen-bond donors (Lipinski definition) is 2. The zero-order valence-corrected chi connectivity index (χ0v) is 11.8. The molecule has 0 bridgehead atoms. The first-order valence-electron chi connectivity index (χ1n) is 7.36. The van der Waals surface area contributed by atoms with Crippen LogP contribution in [0.1, 0.15) is 52.4 Å². The molecule has 1 rings (SSSR count). The van der Waals surface area contributed by atoms with Crippen molar-refractivity contribution < 1.29 is 9.53 Å². The van der Waals surface area contributed by atoms with Crippen molar-refractivity contribution in [2.24, 2.45) is 0 Å². The van der Waals surface area contributed by atoms with Crippen molar-refractivity contribution in [2.75, 3.05) is 19.8 Å². The Bertz CT molecular complexity index is 226. The van der Waals surface area contributed by atoms with E-state index in [9.17, 15) is 4.79 Å². The highest BCUT2D eigenvalue weighted by molar-refractivity contribution is 5.77. The molecule has 0 aliphatic heterocycles. The van der Waals surface area contributed by atoms with Crippen LogP contribution in [-0.4, -0.2) is 37.7 Å². The molecule has 0 spiro atoms. The highest BCUT2D eigenvalue weighted by atomic mass is 16.5. The fourth-order valence-electron chi connectivity index (χ4n) is 2.37. The van der Waals surface area contributed by atoms with Gasteiger partial charge >= 0.3 is 0 Å². The minimum atomic E-state index is 0.0356. The van der Waals surface area contributed by atoms with Crippen LogP contribution in [0.15, 0.2) is 0 Å². The van der Waals surface area contributed by atoms with Crippen molar-refractivity contribution in [3.05, 3.63) is 0 Å². The SMILES string of the molecule is CCCNC1CCC(NC(=O)COCCC)CC1. The Labute approximate surface area is 111 Å². The molecular formula is C14H28N2O2. The molecule has 106 valence electrons. The molecule has 1 aliphatic carbocycles. The van der Waals surface area contributed by atoms with E-state index in [1.807, 2.05) is 6.92 Å². The lowest BCUT2D eigenvalue weighted by Gasteiger charge is -2.29. The lowest BCUT2D eigenvalue weighted by molar-refractivity contribution is -0.126. The van der Waals surface area contributed by atoms with Crippen LogP contribution < -0.4 is 10.6 Å². The molecule has 1 aliphatic rings. The van der Waals surface area contributed by atoms with Gasteiger partial charge in [-0.3, -0.25) is 4.79 Å². The van der Waals surface area contributed by atoms with E-state index in [-0.39, 0.29) is 12.5 Å². The molecule has 4 heteroatoms. The minimum absolute atomic E-state index is 0.0356. The van der Waals surface area contributed by atoms with E-state index in [0.717, 1.165) is 25.8 Å². The third-order valence-corrected chi connectivity index (χ3v) is 3.36. The topological polar surface area (TPSA) is 50.4 Å². The Morgan fingerprint density at radius 2 is 1.78 bits per heavy atom. The summed E-state index contributed by atoms with van der Waals surface area (Å²) in [4.78, 5) is 11.6. The highest BCUT2D eigenvalue weighted by Gasteiger charge is 2.21. The summed E-state index contributed by atoms with van der Waals surface area (Å²) in [6.45, 7) is 6.22. The van der Waals surface area contributed by atoms with Crippen molar-refractivity contribution in [3.63, 3.8) is 0 Å². The number of nitrogens with one attached hydrogen (secondary N) is 2. The summed E-state index contributed by atoms with van der Waals surface area (Å²) in [5.41, 5.74) is 0. The van der Waals surface area contributed by atoms with Crippen LogP contribution in [0, 0.1) is 0 Å². The maximum absolute atomic E-state index is 11.6.